The molecular formula is C10H17NO. The number of carbonyl (C=O) groups is 1. The maximum absolute atomic E-state index is 11.7. The van der Waals surface area contributed by atoms with E-state index in [0.29, 0.717) is 18.0 Å². The average molecular weight is 167 g/mol. The van der Waals surface area contributed by atoms with Crippen LogP contribution in [-0.2, 0) is 4.79 Å². The average Bonchev–Trinajstić information content (AvgIpc) is 2.41. The summed E-state index contributed by atoms with van der Waals surface area (Å²) in [5.74, 6) is 0.679. The Hall–Kier alpha value is -0.530. The smallest absolute Gasteiger partial charge is 0.225 e. The van der Waals surface area contributed by atoms with Gasteiger partial charge in [0.15, 0.2) is 0 Å². The molecule has 2 rings (SSSR count). The van der Waals surface area contributed by atoms with Crippen molar-refractivity contribution in [1.82, 2.24) is 4.90 Å². The van der Waals surface area contributed by atoms with E-state index in [1.165, 1.54) is 19.3 Å². The number of amides is 1. The van der Waals surface area contributed by atoms with Gasteiger partial charge >= 0.3 is 0 Å². The summed E-state index contributed by atoms with van der Waals surface area (Å²) in [5.41, 5.74) is 0. The lowest BCUT2D eigenvalue weighted by atomic mass is 9.94. The molecule has 2 aliphatic heterocycles. The number of nitrogens with zero attached hydrogens (tertiary/aromatic N) is 1. The van der Waals surface area contributed by atoms with Crippen LogP contribution in [0.3, 0.4) is 0 Å². The Morgan fingerprint density at radius 1 is 1.17 bits per heavy atom. The summed E-state index contributed by atoms with van der Waals surface area (Å²) >= 11 is 0. The van der Waals surface area contributed by atoms with Crippen LogP contribution < -0.4 is 0 Å². The molecule has 2 nitrogen and oxygen atoms in total. The number of fused-ring (bicyclic) bond motifs is 1. The van der Waals surface area contributed by atoms with E-state index in [1.807, 2.05) is 0 Å². The first-order chi connectivity index (χ1) is 5.70. The molecule has 0 saturated carbocycles. The lowest BCUT2D eigenvalue weighted by Gasteiger charge is -2.35. The van der Waals surface area contributed by atoms with E-state index in [0.717, 1.165) is 6.42 Å². The van der Waals surface area contributed by atoms with Gasteiger partial charge in [0.2, 0.25) is 5.91 Å². The molecule has 12 heavy (non-hydrogen) atoms. The molecule has 0 aromatic heterocycles. The van der Waals surface area contributed by atoms with Crippen molar-refractivity contribution in [2.45, 2.75) is 51.6 Å². The second kappa shape index (κ2) is 2.75. The molecule has 1 amide bonds. The van der Waals surface area contributed by atoms with E-state index >= 15 is 0 Å². The maximum atomic E-state index is 11.7. The van der Waals surface area contributed by atoms with Crippen molar-refractivity contribution in [3.63, 3.8) is 0 Å². The van der Waals surface area contributed by atoms with E-state index in [1.54, 1.807) is 0 Å². The van der Waals surface area contributed by atoms with Crippen LogP contribution in [0.1, 0.15) is 39.5 Å². The predicted molar refractivity (Wildman–Crippen MR) is 47.7 cm³/mol. The standard InChI is InChI=1S/C10H17NO/c1-7-3-5-9-6-4-8(2)11(9)10(7)12/h7-9H,3-6H2,1-2H3/t7?,8-,9?/m1/s1. The van der Waals surface area contributed by atoms with Crippen molar-refractivity contribution in [2.75, 3.05) is 0 Å². The molecule has 0 radical (unpaired) electrons. The van der Waals surface area contributed by atoms with E-state index in [9.17, 15) is 4.79 Å². The van der Waals surface area contributed by atoms with Crippen molar-refractivity contribution < 1.29 is 4.79 Å². The summed E-state index contributed by atoms with van der Waals surface area (Å²) in [6, 6.07) is 1.09. The molecule has 0 aliphatic carbocycles. The summed E-state index contributed by atoms with van der Waals surface area (Å²) in [6.07, 6.45) is 4.78. The lowest BCUT2D eigenvalue weighted by Crippen LogP contribution is -2.46. The highest BCUT2D eigenvalue weighted by Gasteiger charge is 2.39. The van der Waals surface area contributed by atoms with Crippen LogP contribution in [0.5, 0.6) is 0 Å². The third-order valence-electron chi connectivity index (χ3n) is 3.39. The fourth-order valence-corrected chi connectivity index (χ4v) is 2.57. The topological polar surface area (TPSA) is 20.3 Å². The molecule has 0 bridgehead atoms. The second-order valence-corrected chi connectivity index (χ2v) is 4.30. The molecule has 2 heterocycles. The van der Waals surface area contributed by atoms with Crippen LogP contribution in [-0.4, -0.2) is 22.9 Å². The van der Waals surface area contributed by atoms with E-state index in [2.05, 4.69) is 18.7 Å². The molecule has 0 spiro atoms. The van der Waals surface area contributed by atoms with Crippen molar-refractivity contribution in [2.24, 2.45) is 5.92 Å². The van der Waals surface area contributed by atoms with E-state index in [-0.39, 0.29) is 5.92 Å². The van der Waals surface area contributed by atoms with Crippen molar-refractivity contribution >= 4 is 5.91 Å². The Balaban J connectivity index is 2.17. The van der Waals surface area contributed by atoms with Crippen molar-refractivity contribution in [3.05, 3.63) is 0 Å². The fourth-order valence-electron chi connectivity index (χ4n) is 2.57. The van der Waals surface area contributed by atoms with Gasteiger partial charge in [0, 0.05) is 18.0 Å². The van der Waals surface area contributed by atoms with Gasteiger partial charge in [-0.1, -0.05) is 6.92 Å². The summed E-state index contributed by atoms with van der Waals surface area (Å²) in [4.78, 5) is 13.9. The minimum absolute atomic E-state index is 0.279. The number of piperidine rings is 1. The van der Waals surface area contributed by atoms with Gasteiger partial charge in [0.1, 0.15) is 0 Å². The SMILES string of the molecule is CC1CCC2CC[C@@H](C)N2C1=O. The highest BCUT2D eigenvalue weighted by molar-refractivity contribution is 5.80. The van der Waals surface area contributed by atoms with Gasteiger partial charge in [0.05, 0.1) is 0 Å². The molecule has 2 fully saturated rings. The zero-order chi connectivity index (χ0) is 8.72. The largest absolute Gasteiger partial charge is 0.337 e. The zero-order valence-electron chi connectivity index (χ0n) is 7.92. The number of rotatable bonds is 0. The Labute approximate surface area is 73.9 Å². The van der Waals surface area contributed by atoms with Crippen LogP contribution in [0.4, 0.5) is 0 Å². The number of hydrogen-bond donors (Lipinski definition) is 0. The molecule has 3 atom stereocenters. The van der Waals surface area contributed by atoms with Crippen LogP contribution >= 0.6 is 0 Å². The normalized spacial score (nSPS) is 41.7. The minimum Gasteiger partial charge on any atom is -0.337 e. The first-order valence-corrected chi connectivity index (χ1v) is 5.02. The Bertz CT molecular complexity index is 202. The van der Waals surface area contributed by atoms with Gasteiger partial charge in [0.25, 0.3) is 0 Å². The van der Waals surface area contributed by atoms with Gasteiger partial charge < -0.3 is 4.90 Å². The van der Waals surface area contributed by atoms with Crippen LogP contribution in [0.25, 0.3) is 0 Å². The molecule has 2 heteroatoms. The first kappa shape index (κ1) is 8.09. The minimum atomic E-state index is 0.279. The van der Waals surface area contributed by atoms with E-state index in [4.69, 9.17) is 0 Å². The Morgan fingerprint density at radius 2 is 1.83 bits per heavy atom. The van der Waals surface area contributed by atoms with Gasteiger partial charge in [-0.05, 0) is 32.6 Å². The summed E-state index contributed by atoms with van der Waals surface area (Å²) in [5, 5.41) is 0. The van der Waals surface area contributed by atoms with Crippen molar-refractivity contribution in [3.8, 4) is 0 Å². The monoisotopic (exact) mass is 167 g/mol. The number of carbonyl (C=O) groups excluding carboxylic acids is 1. The molecular weight excluding hydrogens is 150 g/mol. The van der Waals surface area contributed by atoms with Crippen LogP contribution in [0.2, 0.25) is 0 Å². The highest BCUT2D eigenvalue weighted by Crippen LogP contribution is 2.34. The van der Waals surface area contributed by atoms with Gasteiger partial charge in [-0.25, -0.2) is 0 Å². The maximum Gasteiger partial charge on any atom is 0.225 e. The fraction of sp³-hybridized carbons (Fsp3) is 0.900. The third-order valence-corrected chi connectivity index (χ3v) is 3.39. The van der Waals surface area contributed by atoms with E-state index < -0.39 is 0 Å². The number of hydrogen-bond acceptors (Lipinski definition) is 1. The molecule has 0 N–H and O–H groups in total. The summed E-state index contributed by atoms with van der Waals surface area (Å²) in [7, 11) is 0. The molecule has 2 saturated heterocycles. The van der Waals surface area contributed by atoms with Crippen LogP contribution in [0, 0.1) is 5.92 Å². The quantitative estimate of drug-likeness (QED) is 0.538. The molecule has 68 valence electrons. The first-order valence-electron chi connectivity index (χ1n) is 5.02. The predicted octanol–water partition coefficient (Wildman–Crippen LogP) is 1.80. The lowest BCUT2D eigenvalue weighted by molar-refractivity contribution is -0.141. The van der Waals surface area contributed by atoms with Gasteiger partial charge in [-0.3, -0.25) is 4.79 Å². The highest BCUT2D eigenvalue weighted by atomic mass is 16.2. The second-order valence-electron chi connectivity index (χ2n) is 4.30. The van der Waals surface area contributed by atoms with Crippen molar-refractivity contribution in [1.29, 1.82) is 0 Å². The van der Waals surface area contributed by atoms with Gasteiger partial charge in [-0.15, -0.1) is 0 Å². The Kier molecular flexibility index (Phi) is 1.85. The molecule has 2 unspecified atom stereocenters. The molecule has 0 aromatic rings. The Morgan fingerprint density at radius 3 is 2.58 bits per heavy atom. The zero-order valence-corrected chi connectivity index (χ0v) is 7.92. The summed E-state index contributed by atoms with van der Waals surface area (Å²) in [6.45, 7) is 4.24. The molecule has 2 aliphatic rings. The molecule has 0 aromatic carbocycles. The van der Waals surface area contributed by atoms with Gasteiger partial charge in [-0.2, -0.15) is 0 Å². The van der Waals surface area contributed by atoms with Crippen LogP contribution in [0.15, 0.2) is 0 Å². The third kappa shape index (κ3) is 1.05. The summed E-state index contributed by atoms with van der Waals surface area (Å²) < 4.78 is 0.